The van der Waals surface area contributed by atoms with Crippen LogP contribution in [0.25, 0.3) is 22.9 Å². The van der Waals surface area contributed by atoms with Crippen molar-refractivity contribution >= 4 is 34.9 Å². The van der Waals surface area contributed by atoms with Crippen molar-refractivity contribution in [3.05, 3.63) is 64.6 Å². The second kappa shape index (κ2) is 10.1. The van der Waals surface area contributed by atoms with E-state index in [2.05, 4.69) is 9.84 Å². The average Bonchev–Trinajstić information content (AvgIpc) is 3.11. The van der Waals surface area contributed by atoms with Crippen LogP contribution < -0.4 is 0 Å². The molecule has 0 aliphatic carbocycles. The topological polar surface area (TPSA) is 80.9 Å². The molecule has 0 aliphatic rings. The highest BCUT2D eigenvalue weighted by molar-refractivity contribution is 6.30. The van der Waals surface area contributed by atoms with Crippen LogP contribution in [0.1, 0.15) is 43.7 Å². The zero-order valence-electron chi connectivity index (χ0n) is 18.0. The number of fused-ring (bicyclic) bond motifs is 1. The van der Waals surface area contributed by atoms with Crippen LogP contribution in [0, 0.1) is 5.82 Å². The van der Waals surface area contributed by atoms with Gasteiger partial charge >= 0.3 is 5.97 Å². The van der Waals surface area contributed by atoms with Crippen molar-refractivity contribution in [1.29, 1.82) is 0 Å². The molecule has 0 saturated carbocycles. The third kappa shape index (κ3) is 5.23. The van der Waals surface area contributed by atoms with Crippen LogP contribution in [0.3, 0.4) is 0 Å². The van der Waals surface area contributed by atoms with Gasteiger partial charge in [0.1, 0.15) is 23.2 Å². The van der Waals surface area contributed by atoms with E-state index in [0.29, 0.717) is 16.4 Å². The molecule has 32 heavy (non-hydrogen) atoms. The molecule has 0 spiro atoms. The molecule has 1 N–H and O–H groups in total. The lowest BCUT2D eigenvalue weighted by molar-refractivity contribution is -0.143. The zero-order chi connectivity index (χ0) is 23.4. The molecular formula is C24H24ClFN2O4. The highest BCUT2D eigenvalue weighted by Gasteiger charge is 2.20. The quantitative estimate of drug-likeness (QED) is 0.387. The van der Waals surface area contributed by atoms with Gasteiger partial charge in [-0.25, -0.2) is 8.91 Å². The highest BCUT2D eigenvalue weighted by atomic mass is 35.5. The number of ketones is 1. The number of esters is 1. The summed E-state index contributed by atoms with van der Waals surface area (Å²) in [6.07, 6.45) is 1.49. The first kappa shape index (κ1) is 23.6. The molecule has 0 fully saturated rings. The van der Waals surface area contributed by atoms with Crippen LogP contribution in [0.4, 0.5) is 4.39 Å². The minimum atomic E-state index is -1.10. The van der Waals surface area contributed by atoms with E-state index in [-0.39, 0.29) is 18.2 Å². The number of Topliss-reactive ketones (excluding diaryl/α,β-unsaturated/α-hetero) is 1. The van der Waals surface area contributed by atoms with Gasteiger partial charge in [-0.2, -0.15) is 5.10 Å². The normalized spacial score (nSPS) is 12.6. The maximum Gasteiger partial charge on any atom is 0.313 e. The summed E-state index contributed by atoms with van der Waals surface area (Å²) >= 11 is 6.33. The standard InChI is InChI=1S/C24H24ClFN2O4/c1-14(2)23-19(9-8-17(29)12-18(30)13-22(31)32-3)24(15-4-6-16(26)7-5-15)27-28-20(23)10-11-21(28)25/h4-11,14,17,29H,12-13H2,1-3H3/b9-8+. The number of aliphatic hydroxyl groups is 1. The number of hydrogen-bond acceptors (Lipinski definition) is 5. The summed E-state index contributed by atoms with van der Waals surface area (Å²) in [5.74, 6) is -1.37. The SMILES string of the molecule is COC(=O)CC(=O)CC(O)/C=C/c1c(-c2ccc(F)cc2)nn2c(Cl)ccc2c1C(C)C. The molecule has 3 aromatic rings. The number of halogens is 2. The molecular weight excluding hydrogens is 435 g/mol. The van der Waals surface area contributed by atoms with Crippen molar-refractivity contribution < 1.29 is 23.8 Å². The third-order valence-corrected chi connectivity index (χ3v) is 5.30. The van der Waals surface area contributed by atoms with Gasteiger partial charge in [-0.05, 0) is 47.9 Å². The summed E-state index contributed by atoms with van der Waals surface area (Å²) < 4.78 is 19.6. The first-order valence-corrected chi connectivity index (χ1v) is 10.5. The van der Waals surface area contributed by atoms with Gasteiger partial charge in [0.25, 0.3) is 0 Å². The van der Waals surface area contributed by atoms with E-state index in [1.807, 2.05) is 19.9 Å². The van der Waals surface area contributed by atoms with Gasteiger partial charge in [-0.15, -0.1) is 0 Å². The Hall–Kier alpha value is -3.03. The van der Waals surface area contributed by atoms with Crippen molar-refractivity contribution in [2.45, 2.75) is 38.7 Å². The third-order valence-electron chi connectivity index (χ3n) is 5.02. The van der Waals surface area contributed by atoms with Crippen molar-refractivity contribution in [3.8, 4) is 11.3 Å². The number of carbonyl (C=O) groups excluding carboxylic acids is 2. The number of aromatic nitrogens is 2. The fourth-order valence-corrected chi connectivity index (χ4v) is 3.73. The van der Waals surface area contributed by atoms with Crippen molar-refractivity contribution in [3.63, 3.8) is 0 Å². The van der Waals surface area contributed by atoms with Crippen molar-refractivity contribution in [2.24, 2.45) is 0 Å². The number of aliphatic hydroxyl groups excluding tert-OH is 1. The molecule has 0 bridgehead atoms. The molecule has 2 heterocycles. The Morgan fingerprint density at radius 1 is 1.22 bits per heavy atom. The lowest BCUT2D eigenvalue weighted by atomic mass is 9.93. The Kier molecular flexibility index (Phi) is 7.43. The molecule has 0 saturated heterocycles. The monoisotopic (exact) mass is 458 g/mol. The Bertz CT molecular complexity index is 1170. The molecule has 3 rings (SSSR count). The van der Waals surface area contributed by atoms with E-state index in [0.717, 1.165) is 16.6 Å². The smallest absolute Gasteiger partial charge is 0.313 e. The van der Waals surface area contributed by atoms with Gasteiger partial charge in [-0.3, -0.25) is 9.59 Å². The fourth-order valence-electron chi connectivity index (χ4n) is 3.54. The molecule has 0 amide bonds. The molecule has 8 heteroatoms. The number of nitrogens with zero attached hydrogens (tertiary/aromatic N) is 2. The first-order chi connectivity index (χ1) is 15.2. The maximum absolute atomic E-state index is 13.5. The number of carbonyl (C=O) groups is 2. The van der Waals surface area contributed by atoms with E-state index >= 15 is 0 Å². The molecule has 0 aliphatic heterocycles. The lowest BCUT2D eigenvalue weighted by Crippen LogP contribution is -2.15. The van der Waals surface area contributed by atoms with Crippen molar-refractivity contribution in [2.75, 3.05) is 7.11 Å². The van der Waals surface area contributed by atoms with Crippen LogP contribution in [-0.4, -0.2) is 39.7 Å². The zero-order valence-corrected chi connectivity index (χ0v) is 18.8. The highest BCUT2D eigenvalue weighted by Crippen LogP contribution is 2.34. The van der Waals surface area contributed by atoms with E-state index in [4.69, 9.17) is 11.6 Å². The summed E-state index contributed by atoms with van der Waals surface area (Å²) in [7, 11) is 1.20. The Morgan fingerprint density at radius 2 is 1.91 bits per heavy atom. The van der Waals surface area contributed by atoms with E-state index < -0.39 is 24.3 Å². The molecule has 2 aromatic heterocycles. The van der Waals surface area contributed by atoms with Crippen LogP contribution in [0.2, 0.25) is 5.15 Å². The van der Waals surface area contributed by atoms with Gasteiger partial charge < -0.3 is 9.84 Å². The van der Waals surface area contributed by atoms with Gasteiger partial charge in [0.2, 0.25) is 0 Å². The molecule has 1 aromatic carbocycles. The summed E-state index contributed by atoms with van der Waals surface area (Å²) in [6, 6.07) is 9.56. The minimum absolute atomic E-state index is 0.0726. The van der Waals surface area contributed by atoms with Crippen molar-refractivity contribution in [1.82, 2.24) is 9.61 Å². The van der Waals surface area contributed by atoms with E-state index in [1.165, 1.54) is 25.3 Å². The number of benzene rings is 1. The number of hydrogen-bond donors (Lipinski definition) is 1. The van der Waals surface area contributed by atoms with E-state index in [1.54, 1.807) is 28.8 Å². The van der Waals surface area contributed by atoms with Crippen LogP contribution in [0.5, 0.6) is 0 Å². The summed E-state index contributed by atoms with van der Waals surface area (Å²) in [5.41, 5.74) is 3.72. The lowest BCUT2D eigenvalue weighted by Gasteiger charge is -2.17. The predicted octanol–water partition coefficient (Wildman–Crippen LogP) is 4.81. The summed E-state index contributed by atoms with van der Waals surface area (Å²) in [4.78, 5) is 23.2. The van der Waals surface area contributed by atoms with Gasteiger partial charge in [-0.1, -0.05) is 37.6 Å². The number of methoxy groups -OCH3 is 1. The Labute approximate surface area is 190 Å². The maximum atomic E-state index is 13.5. The Balaban J connectivity index is 2.07. The van der Waals surface area contributed by atoms with Crippen LogP contribution >= 0.6 is 11.6 Å². The minimum Gasteiger partial charge on any atom is -0.469 e. The molecule has 0 radical (unpaired) electrons. The molecule has 168 valence electrons. The molecule has 6 nitrogen and oxygen atoms in total. The fraction of sp³-hybridized carbons (Fsp3) is 0.292. The summed E-state index contributed by atoms with van der Waals surface area (Å²) in [6.45, 7) is 4.05. The molecule has 1 atom stereocenters. The average molecular weight is 459 g/mol. The summed E-state index contributed by atoms with van der Waals surface area (Å²) in [5, 5.41) is 15.5. The Morgan fingerprint density at radius 3 is 2.53 bits per heavy atom. The van der Waals surface area contributed by atoms with Gasteiger partial charge in [0, 0.05) is 17.5 Å². The van der Waals surface area contributed by atoms with Gasteiger partial charge in [0.15, 0.2) is 0 Å². The number of ether oxygens (including phenoxy) is 1. The van der Waals surface area contributed by atoms with E-state index in [9.17, 15) is 19.1 Å². The van der Waals surface area contributed by atoms with Crippen LogP contribution in [0.15, 0.2) is 42.5 Å². The molecule has 1 unspecified atom stereocenters. The second-order valence-corrected chi connectivity index (χ2v) is 8.10. The predicted molar refractivity (Wildman–Crippen MR) is 121 cm³/mol. The first-order valence-electron chi connectivity index (χ1n) is 10.1. The second-order valence-electron chi connectivity index (χ2n) is 7.71. The van der Waals surface area contributed by atoms with Crippen LogP contribution in [-0.2, 0) is 14.3 Å². The van der Waals surface area contributed by atoms with Gasteiger partial charge in [0.05, 0.1) is 24.4 Å². The largest absolute Gasteiger partial charge is 0.469 e. The number of rotatable bonds is 8.